The first-order chi connectivity index (χ1) is 14.0. The maximum atomic E-state index is 12.3. The number of para-hydroxylation sites is 1. The van der Waals surface area contributed by atoms with E-state index in [1.807, 2.05) is 32.0 Å². The van der Waals surface area contributed by atoms with Gasteiger partial charge in [-0.2, -0.15) is 5.10 Å². The third-order valence-electron chi connectivity index (χ3n) is 4.43. The highest BCUT2D eigenvalue weighted by Gasteiger charge is 2.13. The number of carbonyl (C=O) groups is 1. The fraction of sp³-hybridized carbons (Fsp3) is 0.250. The average molecular weight is 409 g/mol. The number of hydrogen-bond acceptors (Lipinski definition) is 7. The molecule has 0 saturated carbocycles. The Morgan fingerprint density at radius 2 is 2.03 bits per heavy atom. The standard InChI is InChI=1S/C20H19N5O3S/c1-12-20(29-13(2)22-12)15-7-8-19(27)25(23-15)10-9-21-18(26)11-16-14-5-3-4-6-17(14)28-24-16/h3-8H,9-11H2,1-2H3,(H,21,26). The predicted octanol–water partition coefficient (Wildman–Crippen LogP) is 2.48. The van der Waals surface area contributed by atoms with Crippen LogP contribution in [0.4, 0.5) is 0 Å². The predicted molar refractivity (Wildman–Crippen MR) is 110 cm³/mol. The summed E-state index contributed by atoms with van der Waals surface area (Å²) in [6.07, 6.45) is 0.110. The summed E-state index contributed by atoms with van der Waals surface area (Å²) < 4.78 is 6.57. The molecule has 4 aromatic rings. The second-order valence-corrected chi connectivity index (χ2v) is 7.78. The van der Waals surface area contributed by atoms with Crippen molar-refractivity contribution in [2.45, 2.75) is 26.8 Å². The molecule has 1 amide bonds. The smallest absolute Gasteiger partial charge is 0.266 e. The Hall–Kier alpha value is -3.33. The molecule has 1 N–H and O–H groups in total. The third kappa shape index (κ3) is 4.09. The highest BCUT2D eigenvalue weighted by Crippen LogP contribution is 2.27. The summed E-state index contributed by atoms with van der Waals surface area (Å²) in [5.41, 5.74) is 2.61. The van der Waals surface area contributed by atoms with Gasteiger partial charge in [-0.15, -0.1) is 11.3 Å². The molecule has 0 atom stereocenters. The van der Waals surface area contributed by atoms with Crippen molar-refractivity contribution in [2.24, 2.45) is 0 Å². The second-order valence-electron chi connectivity index (χ2n) is 6.58. The summed E-state index contributed by atoms with van der Waals surface area (Å²) in [4.78, 5) is 29.7. The molecular formula is C20H19N5O3S. The number of aryl methyl sites for hydroxylation is 2. The Labute approximate surface area is 170 Å². The van der Waals surface area contributed by atoms with Crippen molar-refractivity contribution in [2.75, 3.05) is 6.54 Å². The van der Waals surface area contributed by atoms with Crippen LogP contribution in [-0.4, -0.2) is 32.4 Å². The van der Waals surface area contributed by atoms with Crippen LogP contribution in [0.5, 0.6) is 0 Å². The Morgan fingerprint density at radius 3 is 2.83 bits per heavy atom. The van der Waals surface area contributed by atoms with Crippen LogP contribution in [-0.2, 0) is 17.8 Å². The van der Waals surface area contributed by atoms with Crippen molar-refractivity contribution in [3.63, 3.8) is 0 Å². The van der Waals surface area contributed by atoms with Gasteiger partial charge in [-0.1, -0.05) is 17.3 Å². The van der Waals surface area contributed by atoms with Gasteiger partial charge in [0.25, 0.3) is 5.56 Å². The van der Waals surface area contributed by atoms with Crippen molar-refractivity contribution >= 4 is 28.2 Å². The second kappa shape index (κ2) is 7.96. The lowest BCUT2D eigenvalue weighted by Gasteiger charge is -2.08. The molecule has 3 heterocycles. The van der Waals surface area contributed by atoms with Crippen LogP contribution in [0.3, 0.4) is 0 Å². The fourth-order valence-electron chi connectivity index (χ4n) is 3.08. The first-order valence-electron chi connectivity index (χ1n) is 9.14. The number of nitrogens with one attached hydrogen (secondary N) is 1. The number of amides is 1. The normalized spacial score (nSPS) is 11.1. The van der Waals surface area contributed by atoms with Gasteiger partial charge < -0.3 is 9.84 Å². The van der Waals surface area contributed by atoms with Crippen LogP contribution < -0.4 is 10.9 Å². The SMILES string of the molecule is Cc1nc(C)c(-c2ccc(=O)n(CCNC(=O)Cc3noc4ccccc34)n2)s1. The Morgan fingerprint density at radius 1 is 1.21 bits per heavy atom. The molecule has 148 valence electrons. The van der Waals surface area contributed by atoms with Gasteiger partial charge in [-0.05, 0) is 32.0 Å². The number of aromatic nitrogens is 4. The van der Waals surface area contributed by atoms with E-state index in [2.05, 4.69) is 20.6 Å². The highest BCUT2D eigenvalue weighted by molar-refractivity contribution is 7.15. The largest absolute Gasteiger partial charge is 0.356 e. The van der Waals surface area contributed by atoms with Gasteiger partial charge in [0, 0.05) is 18.0 Å². The summed E-state index contributed by atoms with van der Waals surface area (Å²) in [5.74, 6) is -0.192. The van der Waals surface area contributed by atoms with E-state index in [1.165, 1.54) is 22.1 Å². The third-order valence-corrected chi connectivity index (χ3v) is 5.52. The Balaban J connectivity index is 1.40. The van der Waals surface area contributed by atoms with Crippen molar-refractivity contribution in [1.82, 2.24) is 25.2 Å². The maximum Gasteiger partial charge on any atom is 0.266 e. The summed E-state index contributed by atoms with van der Waals surface area (Å²) in [7, 11) is 0. The quantitative estimate of drug-likeness (QED) is 0.525. The maximum absolute atomic E-state index is 12.3. The molecule has 0 aliphatic carbocycles. The van der Waals surface area contributed by atoms with Crippen molar-refractivity contribution in [3.05, 3.63) is 63.1 Å². The zero-order valence-corrected chi connectivity index (χ0v) is 16.8. The van der Waals surface area contributed by atoms with Crippen LogP contribution in [0, 0.1) is 13.8 Å². The van der Waals surface area contributed by atoms with E-state index in [1.54, 1.807) is 12.1 Å². The van der Waals surface area contributed by atoms with Gasteiger partial charge in [-0.3, -0.25) is 9.59 Å². The number of thiazole rings is 1. The Bertz CT molecular complexity index is 1240. The minimum Gasteiger partial charge on any atom is -0.356 e. The molecule has 0 unspecified atom stereocenters. The molecule has 1 aromatic carbocycles. The van der Waals surface area contributed by atoms with Gasteiger partial charge in [-0.25, -0.2) is 9.67 Å². The molecule has 8 nitrogen and oxygen atoms in total. The number of carbonyl (C=O) groups excluding carboxylic acids is 1. The van der Waals surface area contributed by atoms with E-state index in [9.17, 15) is 9.59 Å². The molecule has 0 radical (unpaired) electrons. The number of hydrogen-bond donors (Lipinski definition) is 1. The van der Waals surface area contributed by atoms with Crippen molar-refractivity contribution in [1.29, 1.82) is 0 Å². The molecule has 0 aliphatic rings. The van der Waals surface area contributed by atoms with Gasteiger partial charge in [0.15, 0.2) is 5.58 Å². The fourth-order valence-corrected chi connectivity index (χ4v) is 3.97. The summed E-state index contributed by atoms with van der Waals surface area (Å²) in [6.45, 7) is 4.41. The minimum atomic E-state index is -0.218. The summed E-state index contributed by atoms with van der Waals surface area (Å²) in [6, 6.07) is 10.6. The summed E-state index contributed by atoms with van der Waals surface area (Å²) in [5, 5.41) is 13.0. The van der Waals surface area contributed by atoms with E-state index in [4.69, 9.17) is 4.52 Å². The van der Waals surface area contributed by atoms with Crippen LogP contribution in [0.25, 0.3) is 21.5 Å². The van der Waals surface area contributed by atoms with E-state index < -0.39 is 0 Å². The van der Waals surface area contributed by atoms with Crippen molar-refractivity contribution in [3.8, 4) is 10.6 Å². The molecular weight excluding hydrogens is 390 g/mol. The first kappa shape index (κ1) is 19.0. The van der Waals surface area contributed by atoms with E-state index >= 15 is 0 Å². The monoisotopic (exact) mass is 409 g/mol. The van der Waals surface area contributed by atoms with Crippen molar-refractivity contribution < 1.29 is 9.32 Å². The molecule has 4 rings (SSSR count). The lowest BCUT2D eigenvalue weighted by Crippen LogP contribution is -2.32. The topological polar surface area (TPSA) is 103 Å². The van der Waals surface area contributed by atoms with Gasteiger partial charge in [0.2, 0.25) is 5.91 Å². The number of benzene rings is 1. The highest BCUT2D eigenvalue weighted by atomic mass is 32.1. The molecule has 0 saturated heterocycles. The summed E-state index contributed by atoms with van der Waals surface area (Å²) >= 11 is 1.54. The minimum absolute atomic E-state index is 0.110. The zero-order valence-electron chi connectivity index (χ0n) is 16.0. The number of rotatable bonds is 6. The molecule has 0 fully saturated rings. The average Bonchev–Trinajstić information content (AvgIpc) is 3.26. The zero-order chi connectivity index (χ0) is 20.4. The van der Waals surface area contributed by atoms with Gasteiger partial charge in [0.1, 0.15) is 11.4 Å². The molecule has 29 heavy (non-hydrogen) atoms. The molecule has 0 bridgehead atoms. The molecule has 3 aromatic heterocycles. The van der Waals surface area contributed by atoms with Crippen LogP contribution in [0.2, 0.25) is 0 Å². The van der Waals surface area contributed by atoms with Crippen LogP contribution >= 0.6 is 11.3 Å². The Kier molecular flexibility index (Phi) is 5.22. The van der Waals surface area contributed by atoms with E-state index in [0.717, 1.165) is 21.0 Å². The van der Waals surface area contributed by atoms with E-state index in [0.29, 0.717) is 17.0 Å². The number of nitrogens with zero attached hydrogens (tertiary/aromatic N) is 4. The van der Waals surface area contributed by atoms with Crippen LogP contribution in [0.15, 0.2) is 45.7 Å². The molecule has 0 spiro atoms. The number of fused-ring (bicyclic) bond motifs is 1. The van der Waals surface area contributed by atoms with Gasteiger partial charge in [0.05, 0.1) is 28.5 Å². The van der Waals surface area contributed by atoms with Crippen LogP contribution in [0.1, 0.15) is 16.4 Å². The molecule has 9 heteroatoms. The van der Waals surface area contributed by atoms with E-state index in [-0.39, 0.29) is 31.0 Å². The van der Waals surface area contributed by atoms with Gasteiger partial charge >= 0.3 is 0 Å². The lowest BCUT2D eigenvalue weighted by atomic mass is 10.1. The first-order valence-corrected chi connectivity index (χ1v) is 9.95. The molecule has 0 aliphatic heterocycles. The lowest BCUT2D eigenvalue weighted by molar-refractivity contribution is -0.120.